The molecular weight excluding hydrogens is 310 g/mol. The minimum atomic E-state index is -0.483. The average molecular weight is 337 g/mol. The average Bonchev–Trinajstić information content (AvgIpc) is 2.62. The molecule has 1 aliphatic carbocycles. The lowest BCUT2D eigenvalue weighted by atomic mass is 9.92. The lowest BCUT2D eigenvalue weighted by Gasteiger charge is -2.20. The summed E-state index contributed by atoms with van der Waals surface area (Å²) in [6.45, 7) is 6.09. The maximum atomic E-state index is 12.6. The van der Waals surface area contributed by atoms with Crippen LogP contribution in [0.5, 0.6) is 5.75 Å². The molecule has 0 spiro atoms. The SMILES string of the molecule is CCC(Oc1ccc2c(c1)CCCC2)C(=O)Nc1ccc(C)c(C)c1. The molecule has 3 heteroatoms. The lowest BCUT2D eigenvalue weighted by molar-refractivity contribution is -0.122. The molecule has 1 amide bonds. The first-order chi connectivity index (χ1) is 12.1. The van der Waals surface area contributed by atoms with E-state index in [4.69, 9.17) is 4.74 Å². The summed E-state index contributed by atoms with van der Waals surface area (Å²) < 4.78 is 6.01. The number of hydrogen-bond acceptors (Lipinski definition) is 2. The Balaban J connectivity index is 1.69. The molecule has 0 aromatic heterocycles. The van der Waals surface area contributed by atoms with Gasteiger partial charge in [0.15, 0.2) is 6.10 Å². The van der Waals surface area contributed by atoms with Gasteiger partial charge in [-0.2, -0.15) is 0 Å². The Bertz CT molecular complexity index is 767. The van der Waals surface area contributed by atoms with Gasteiger partial charge in [-0.15, -0.1) is 0 Å². The van der Waals surface area contributed by atoms with Gasteiger partial charge in [0, 0.05) is 5.69 Å². The van der Waals surface area contributed by atoms with Crippen LogP contribution in [0.1, 0.15) is 48.4 Å². The Labute approximate surface area is 150 Å². The number of rotatable bonds is 5. The third-order valence-corrected chi connectivity index (χ3v) is 5.04. The van der Waals surface area contributed by atoms with Gasteiger partial charge in [0.05, 0.1) is 0 Å². The maximum Gasteiger partial charge on any atom is 0.265 e. The molecule has 0 radical (unpaired) electrons. The number of carbonyl (C=O) groups is 1. The van der Waals surface area contributed by atoms with Crippen LogP contribution in [0.2, 0.25) is 0 Å². The van der Waals surface area contributed by atoms with Crippen molar-refractivity contribution in [3.63, 3.8) is 0 Å². The van der Waals surface area contributed by atoms with Crippen molar-refractivity contribution in [1.82, 2.24) is 0 Å². The predicted octanol–water partition coefficient (Wildman–Crippen LogP) is 4.98. The highest BCUT2D eigenvalue weighted by Gasteiger charge is 2.19. The minimum absolute atomic E-state index is 0.0940. The van der Waals surface area contributed by atoms with Crippen LogP contribution in [-0.4, -0.2) is 12.0 Å². The van der Waals surface area contributed by atoms with Crippen molar-refractivity contribution < 1.29 is 9.53 Å². The molecule has 0 saturated heterocycles. The van der Waals surface area contributed by atoms with Gasteiger partial charge in [0.1, 0.15) is 5.75 Å². The Hall–Kier alpha value is -2.29. The quantitative estimate of drug-likeness (QED) is 0.836. The van der Waals surface area contributed by atoms with Crippen molar-refractivity contribution in [2.24, 2.45) is 0 Å². The van der Waals surface area contributed by atoms with Gasteiger partial charge in [-0.05, 0) is 92.5 Å². The number of anilines is 1. The first-order valence-corrected chi connectivity index (χ1v) is 9.23. The Morgan fingerprint density at radius 1 is 1.04 bits per heavy atom. The largest absolute Gasteiger partial charge is 0.481 e. The second-order valence-corrected chi connectivity index (χ2v) is 6.94. The fourth-order valence-corrected chi connectivity index (χ4v) is 3.31. The number of nitrogens with one attached hydrogen (secondary N) is 1. The minimum Gasteiger partial charge on any atom is -0.481 e. The molecule has 132 valence electrons. The summed E-state index contributed by atoms with van der Waals surface area (Å²) in [4.78, 5) is 12.6. The fourth-order valence-electron chi connectivity index (χ4n) is 3.31. The molecule has 2 aromatic carbocycles. The number of amides is 1. The molecule has 3 nitrogen and oxygen atoms in total. The monoisotopic (exact) mass is 337 g/mol. The van der Waals surface area contributed by atoms with E-state index in [-0.39, 0.29) is 5.91 Å². The zero-order chi connectivity index (χ0) is 17.8. The second kappa shape index (κ2) is 7.73. The van der Waals surface area contributed by atoms with Crippen molar-refractivity contribution in [3.8, 4) is 5.75 Å². The summed E-state index contributed by atoms with van der Waals surface area (Å²) in [5.74, 6) is 0.700. The van der Waals surface area contributed by atoms with E-state index < -0.39 is 6.10 Å². The van der Waals surface area contributed by atoms with E-state index in [9.17, 15) is 4.79 Å². The molecular formula is C22H27NO2. The second-order valence-electron chi connectivity index (χ2n) is 6.94. The van der Waals surface area contributed by atoms with E-state index in [1.54, 1.807) is 0 Å². The summed E-state index contributed by atoms with van der Waals surface area (Å²) in [6.07, 6.45) is 4.92. The van der Waals surface area contributed by atoms with Crippen LogP contribution in [0.25, 0.3) is 0 Å². The number of fused-ring (bicyclic) bond motifs is 1. The summed E-state index contributed by atoms with van der Waals surface area (Å²) >= 11 is 0. The van der Waals surface area contributed by atoms with Gasteiger partial charge < -0.3 is 10.1 Å². The first-order valence-electron chi connectivity index (χ1n) is 9.23. The van der Waals surface area contributed by atoms with Crippen LogP contribution in [0, 0.1) is 13.8 Å². The van der Waals surface area contributed by atoms with Crippen LogP contribution < -0.4 is 10.1 Å². The van der Waals surface area contributed by atoms with E-state index in [0.29, 0.717) is 6.42 Å². The van der Waals surface area contributed by atoms with Crippen molar-refractivity contribution in [1.29, 1.82) is 0 Å². The molecule has 0 bridgehead atoms. The van der Waals surface area contributed by atoms with Crippen LogP contribution in [0.4, 0.5) is 5.69 Å². The molecule has 1 unspecified atom stereocenters. The van der Waals surface area contributed by atoms with Crippen LogP contribution >= 0.6 is 0 Å². The molecule has 1 N–H and O–H groups in total. The zero-order valence-corrected chi connectivity index (χ0v) is 15.4. The molecule has 3 rings (SSSR count). The van der Waals surface area contributed by atoms with Crippen LogP contribution in [0.3, 0.4) is 0 Å². The van der Waals surface area contributed by atoms with Gasteiger partial charge in [0.2, 0.25) is 0 Å². The molecule has 0 fully saturated rings. The maximum absolute atomic E-state index is 12.6. The Kier molecular flexibility index (Phi) is 5.42. The highest BCUT2D eigenvalue weighted by Crippen LogP contribution is 2.26. The molecule has 2 aromatic rings. The van der Waals surface area contributed by atoms with Crippen LogP contribution in [0.15, 0.2) is 36.4 Å². The number of hydrogen-bond donors (Lipinski definition) is 1. The normalized spacial score (nSPS) is 14.5. The summed E-state index contributed by atoms with van der Waals surface area (Å²) in [7, 11) is 0. The van der Waals surface area contributed by atoms with E-state index in [1.807, 2.05) is 38.1 Å². The fraction of sp³-hybridized carbons (Fsp3) is 0.409. The number of ether oxygens (including phenoxy) is 1. The van der Waals surface area contributed by atoms with Crippen molar-refractivity contribution in [3.05, 3.63) is 58.7 Å². The van der Waals surface area contributed by atoms with Gasteiger partial charge in [-0.3, -0.25) is 4.79 Å². The Morgan fingerprint density at radius 2 is 1.80 bits per heavy atom. The Morgan fingerprint density at radius 3 is 2.52 bits per heavy atom. The highest BCUT2D eigenvalue weighted by molar-refractivity contribution is 5.94. The van der Waals surface area contributed by atoms with Gasteiger partial charge in [0.25, 0.3) is 5.91 Å². The van der Waals surface area contributed by atoms with E-state index in [1.165, 1.54) is 35.1 Å². The molecule has 25 heavy (non-hydrogen) atoms. The summed E-state index contributed by atoms with van der Waals surface area (Å²) in [6, 6.07) is 12.2. The first kappa shape index (κ1) is 17.5. The van der Waals surface area contributed by atoms with E-state index >= 15 is 0 Å². The standard InChI is InChI=1S/C22H27NO2/c1-4-21(22(24)23-19-11-9-15(2)16(3)13-19)25-20-12-10-17-7-5-6-8-18(17)14-20/h9-14,21H,4-8H2,1-3H3,(H,23,24). The summed E-state index contributed by atoms with van der Waals surface area (Å²) in [5, 5.41) is 2.98. The molecule has 1 aliphatic rings. The van der Waals surface area contributed by atoms with Crippen molar-refractivity contribution in [2.45, 2.75) is 59.0 Å². The van der Waals surface area contributed by atoms with Gasteiger partial charge >= 0.3 is 0 Å². The van der Waals surface area contributed by atoms with Crippen LogP contribution in [-0.2, 0) is 17.6 Å². The smallest absolute Gasteiger partial charge is 0.265 e. The van der Waals surface area contributed by atoms with Crippen molar-refractivity contribution in [2.75, 3.05) is 5.32 Å². The van der Waals surface area contributed by atoms with E-state index in [2.05, 4.69) is 24.4 Å². The molecule has 0 saturated carbocycles. The number of benzene rings is 2. The lowest BCUT2D eigenvalue weighted by Crippen LogP contribution is -2.32. The van der Waals surface area contributed by atoms with Gasteiger partial charge in [-0.25, -0.2) is 0 Å². The molecule has 0 heterocycles. The molecule has 0 aliphatic heterocycles. The number of aryl methyl sites for hydroxylation is 4. The van der Waals surface area contributed by atoms with E-state index in [0.717, 1.165) is 24.3 Å². The third-order valence-electron chi connectivity index (χ3n) is 5.04. The van der Waals surface area contributed by atoms with Gasteiger partial charge in [-0.1, -0.05) is 19.1 Å². The summed E-state index contributed by atoms with van der Waals surface area (Å²) in [5.41, 5.74) is 6.00. The third kappa shape index (κ3) is 4.22. The predicted molar refractivity (Wildman–Crippen MR) is 102 cm³/mol. The van der Waals surface area contributed by atoms with Crippen molar-refractivity contribution >= 4 is 11.6 Å². The highest BCUT2D eigenvalue weighted by atomic mass is 16.5. The zero-order valence-electron chi connectivity index (χ0n) is 15.4. The number of carbonyl (C=O) groups excluding carboxylic acids is 1. The molecule has 1 atom stereocenters. The topological polar surface area (TPSA) is 38.3 Å².